The monoisotopic (exact) mass is 317 g/mol. The summed E-state index contributed by atoms with van der Waals surface area (Å²) >= 11 is 4.51. The molecule has 3 nitrogen and oxygen atoms in total. The normalized spacial score (nSPS) is 35.0. The first-order valence-electron chi connectivity index (χ1n) is 7.24. The number of nitrogens with one attached hydrogen (secondary N) is 1. The molecule has 0 heterocycles. The molecule has 0 spiro atoms. The van der Waals surface area contributed by atoms with Crippen molar-refractivity contribution >= 4 is 23.0 Å². The quantitative estimate of drug-likeness (QED) is 0.467. The third kappa shape index (κ3) is 3.07. The van der Waals surface area contributed by atoms with Crippen molar-refractivity contribution in [1.82, 2.24) is 5.43 Å². The van der Waals surface area contributed by atoms with Gasteiger partial charge in [0, 0.05) is 0 Å². The minimum atomic E-state index is -4.50. The first kappa shape index (κ1) is 14.8. The molecule has 0 aromatic carbocycles. The molecule has 0 radical (unpaired) electrons. The number of allylic oxidation sites excluding steroid dienone is 2. The molecule has 4 aliphatic rings. The number of nitrogens with two attached hydrogens (primary N) is 1. The maximum absolute atomic E-state index is 13.1. The fourth-order valence-corrected chi connectivity index (χ4v) is 4.46. The molecule has 4 fully saturated rings. The van der Waals surface area contributed by atoms with Crippen molar-refractivity contribution in [1.29, 1.82) is 0 Å². The molecule has 4 bridgehead atoms. The first-order valence-corrected chi connectivity index (χ1v) is 7.65. The van der Waals surface area contributed by atoms with Crippen LogP contribution in [0.5, 0.6) is 0 Å². The Morgan fingerprint density at radius 1 is 1.14 bits per heavy atom. The number of hydrazone groups is 1. The van der Waals surface area contributed by atoms with E-state index >= 15 is 0 Å². The van der Waals surface area contributed by atoms with Gasteiger partial charge in [0.1, 0.15) is 0 Å². The van der Waals surface area contributed by atoms with Gasteiger partial charge < -0.3 is 5.73 Å². The fraction of sp³-hybridized carbons (Fsp3) is 0.714. The molecule has 3 N–H and O–H groups in total. The summed E-state index contributed by atoms with van der Waals surface area (Å²) < 4.78 is 39.3. The molecule has 21 heavy (non-hydrogen) atoms. The van der Waals surface area contributed by atoms with Gasteiger partial charge in [0.15, 0.2) is 10.8 Å². The van der Waals surface area contributed by atoms with E-state index in [1.54, 1.807) is 0 Å². The minimum Gasteiger partial charge on any atom is -0.375 e. The lowest BCUT2D eigenvalue weighted by Gasteiger charge is -2.51. The van der Waals surface area contributed by atoms with Gasteiger partial charge in [-0.25, -0.2) is 0 Å². The molecule has 116 valence electrons. The Morgan fingerprint density at radius 3 is 2.10 bits per heavy atom. The number of rotatable bonds is 2. The lowest BCUT2D eigenvalue weighted by atomic mass is 9.54. The van der Waals surface area contributed by atoms with Crippen LogP contribution < -0.4 is 11.2 Å². The molecule has 0 atom stereocenters. The maximum Gasteiger partial charge on any atom is 0.435 e. The number of nitrogens with zero attached hydrogens (tertiary/aromatic N) is 1. The van der Waals surface area contributed by atoms with Gasteiger partial charge in [0.25, 0.3) is 0 Å². The summed E-state index contributed by atoms with van der Waals surface area (Å²) in [6, 6.07) is 0. The summed E-state index contributed by atoms with van der Waals surface area (Å²) in [6.07, 6.45) is 2.14. The molecular formula is C14H18F3N3S. The molecule has 7 heteroatoms. The van der Waals surface area contributed by atoms with E-state index in [1.165, 1.54) is 12.5 Å². The van der Waals surface area contributed by atoms with E-state index in [9.17, 15) is 13.2 Å². The van der Waals surface area contributed by atoms with Crippen molar-refractivity contribution in [2.45, 2.75) is 38.3 Å². The molecule has 0 aromatic heterocycles. The van der Waals surface area contributed by atoms with E-state index in [-0.39, 0.29) is 5.11 Å². The van der Waals surface area contributed by atoms with Crippen molar-refractivity contribution in [2.75, 3.05) is 0 Å². The van der Waals surface area contributed by atoms with Gasteiger partial charge in [0.05, 0.1) is 0 Å². The van der Waals surface area contributed by atoms with Gasteiger partial charge >= 0.3 is 6.18 Å². The Labute approximate surface area is 126 Å². The molecular weight excluding hydrogens is 299 g/mol. The van der Waals surface area contributed by atoms with E-state index < -0.39 is 11.9 Å². The number of halogens is 3. The van der Waals surface area contributed by atoms with Gasteiger partial charge in [-0.3, -0.25) is 5.43 Å². The van der Waals surface area contributed by atoms with Crippen LogP contribution in [-0.4, -0.2) is 17.0 Å². The zero-order chi connectivity index (χ0) is 15.2. The summed E-state index contributed by atoms with van der Waals surface area (Å²) in [5.41, 5.74) is 7.22. The Morgan fingerprint density at radius 2 is 1.67 bits per heavy atom. The van der Waals surface area contributed by atoms with Crippen LogP contribution in [0.25, 0.3) is 0 Å². The van der Waals surface area contributed by atoms with Crippen molar-refractivity contribution < 1.29 is 13.2 Å². The average molecular weight is 317 g/mol. The van der Waals surface area contributed by atoms with Gasteiger partial charge in [0.2, 0.25) is 0 Å². The number of thiocarbonyl (C=S) groups is 1. The second kappa shape index (κ2) is 5.26. The van der Waals surface area contributed by atoms with Crippen molar-refractivity contribution in [3.63, 3.8) is 0 Å². The van der Waals surface area contributed by atoms with Crippen molar-refractivity contribution in [2.24, 2.45) is 34.5 Å². The van der Waals surface area contributed by atoms with Crippen LogP contribution in [-0.2, 0) is 0 Å². The summed E-state index contributed by atoms with van der Waals surface area (Å²) in [7, 11) is 0. The Kier molecular flexibility index (Phi) is 3.71. The van der Waals surface area contributed by atoms with Crippen molar-refractivity contribution in [3.8, 4) is 0 Å². The minimum absolute atomic E-state index is 0.264. The predicted molar refractivity (Wildman–Crippen MR) is 78.5 cm³/mol. The van der Waals surface area contributed by atoms with E-state index in [2.05, 4.69) is 22.7 Å². The zero-order valence-corrected chi connectivity index (χ0v) is 12.3. The van der Waals surface area contributed by atoms with Crippen molar-refractivity contribution in [3.05, 3.63) is 11.6 Å². The Bertz CT molecular complexity index is 480. The van der Waals surface area contributed by atoms with Crippen LogP contribution >= 0.6 is 12.2 Å². The second-order valence-corrected chi connectivity index (χ2v) is 6.86. The predicted octanol–water partition coefficient (Wildman–Crippen LogP) is 3.12. The van der Waals surface area contributed by atoms with Crippen LogP contribution in [0.15, 0.2) is 16.8 Å². The molecule has 0 aromatic rings. The third-order valence-corrected chi connectivity index (χ3v) is 5.05. The summed E-state index contributed by atoms with van der Waals surface area (Å²) in [5.74, 6) is 2.04. The number of hydrogen-bond acceptors (Lipinski definition) is 2. The molecule has 0 saturated heterocycles. The molecule has 0 amide bonds. The van der Waals surface area contributed by atoms with Gasteiger partial charge in [-0.15, -0.1) is 0 Å². The second-order valence-electron chi connectivity index (χ2n) is 6.42. The summed E-state index contributed by atoms with van der Waals surface area (Å²) in [5, 5.41) is 3.08. The molecule has 0 unspecified atom stereocenters. The van der Waals surface area contributed by atoms with Gasteiger partial charge in [-0.2, -0.15) is 18.3 Å². The lowest BCUT2D eigenvalue weighted by molar-refractivity contribution is -0.0581. The summed E-state index contributed by atoms with van der Waals surface area (Å²) in [6.45, 7) is 0. The lowest BCUT2D eigenvalue weighted by Crippen LogP contribution is -2.41. The van der Waals surface area contributed by atoms with Crippen LogP contribution in [0, 0.1) is 23.7 Å². The molecule has 4 rings (SSSR count). The Balaban J connectivity index is 1.87. The maximum atomic E-state index is 13.1. The van der Waals surface area contributed by atoms with E-state index in [1.807, 2.05) is 0 Å². The summed E-state index contributed by atoms with van der Waals surface area (Å²) in [4.78, 5) is 0. The average Bonchev–Trinajstić information content (AvgIpc) is 2.34. The smallest absolute Gasteiger partial charge is 0.375 e. The van der Waals surface area contributed by atoms with Crippen LogP contribution in [0.3, 0.4) is 0 Å². The van der Waals surface area contributed by atoms with Gasteiger partial charge in [-0.1, -0.05) is 5.57 Å². The SMILES string of the molecule is NC(=S)NN=C(C=C1C2CC3CC(C2)CC1C3)C(F)(F)F. The highest BCUT2D eigenvalue weighted by Crippen LogP contribution is 2.56. The van der Waals surface area contributed by atoms with Crippen LogP contribution in [0.4, 0.5) is 13.2 Å². The van der Waals surface area contributed by atoms with E-state index in [0.717, 1.165) is 31.3 Å². The van der Waals surface area contributed by atoms with E-state index in [0.29, 0.717) is 23.7 Å². The Hall–Kier alpha value is -1.11. The topological polar surface area (TPSA) is 50.4 Å². The largest absolute Gasteiger partial charge is 0.435 e. The van der Waals surface area contributed by atoms with E-state index in [4.69, 9.17) is 5.73 Å². The first-order chi connectivity index (χ1) is 9.83. The van der Waals surface area contributed by atoms with Gasteiger partial charge in [-0.05, 0) is 74.1 Å². The zero-order valence-electron chi connectivity index (χ0n) is 11.5. The molecule has 0 aliphatic heterocycles. The van der Waals surface area contributed by atoms with Crippen LogP contribution in [0.2, 0.25) is 0 Å². The number of hydrogen-bond donors (Lipinski definition) is 2. The third-order valence-electron chi connectivity index (χ3n) is 4.96. The molecule has 4 saturated carbocycles. The highest BCUT2D eigenvalue weighted by molar-refractivity contribution is 7.80. The fourth-order valence-electron chi connectivity index (χ4n) is 4.41. The highest BCUT2D eigenvalue weighted by Gasteiger charge is 2.46. The highest BCUT2D eigenvalue weighted by atomic mass is 32.1. The van der Waals surface area contributed by atoms with Crippen LogP contribution in [0.1, 0.15) is 32.1 Å². The number of alkyl halides is 3. The molecule has 4 aliphatic carbocycles. The standard InChI is InChI=1S/C14H18F3N3S/c15-14(16,17)12(19-20-13(18)21)6-11-9-2-7-1-8(4-9)5-10(11)3-7/h6-10H,1-5H2,(H3,18,20,21).